The standard InChI is InChI=1S/C11H7N3S/c12-7-9-2-1-3-10(6-9)15-11-4-5-13-8-14-11/h1-6,8H. The van der Waals surface area contributed by atoms with E-state index in [0.717, 1.165) is 9.92 Å². The molecule has 3 nitrogen and oxygen atoms in total. The highest BCUT2D eigenvalue weighted by Gasteiger charge is 1.98. The molecule has 0 saturated heterocycles. The van der Waals surface area contributed by atoms with Crippen molar-refractivity contribution >= 4 is 11.8 Å². The van der Waals surface area contributed by atoms with Crippen LogP contribution in [0.15, 0.2) is 52.8 Å². The van der Waals surface area contributed by atoms with Gasteiger partial charge in [0, 0.05) is 11.1 Å². The van der Waals surface area contributed by atoms with E-state index in [1.807, 2.05) is 24.3 Å². The van der Waals surface area contributed by atoms with Crippen LogP contribution in [-0.2, 0) is 0 Å². The maximum absolute atomic E-state index is 8.74. The highest BCUT2D eigenvalue weighted by atomic mass is 32.2. The second kappa shape index (κ2) is 4.58. The van der Waals surface area contributed by atoms with Crippen LogP contribution in [0.4, 0.5) is 0 Å². The quantitative estimate of drug-likeness (QED) is 0.719. The Bertz CT molecular complexity index is 491. The van der Waals surface area contributed by atoms with Crippen LogP contribution in [-0.4, -0.2) is 9.97 Å². The minimum absolute atomic E-state index is 0.661. The third kappa shape index (κ3) is 2.55. The zero-order valence-electron chi connectivity index (χ0n) is 7.79. The van der Waals surface area contributed by atoms with Gasteiger partial charge in [0.2, 0.25) is 0 Å². The fraction of sp³-hybridized carbons (Fsp3) is 0. The molecular formula is C11H7N3S. The van der Waals surface area contributed by atoms with Gasteiger partial charge < -0.3 is 0 Å². The number of rotatable bonds is 2. The maximum Gasteiger partial charge on any atom is 0.116 e. The molecule has 1 aromatic heterocycles. The fourth-order valence-corrected chi connectivity index (χ4v) is 1.89. The summed E-state index contributed by atoms with van der Waals surface area (Å²) in [6, 6.07) is 11.4. The number of hydrogen-bond acceptors (Lipinski definition) is 4. The Kier molecular flexibility index (Phi) is 2.96. The van der Waals surface area contributed by atoms with Crippen LogP contribution in [0.25, 0.3) is 0 Å². The Balaban J connectivity index is 2.22. The lowest BCUT2D eigenvalue weighted by Gasteiger charge is -1.99. The first-order valence-corrected chi connectivity index (χ1v) is 5.14. The monoisotopic (exact) mass is 213 g/mol. The highest BCUT2D eigenvalue weighted by Crippen LogP contribution is 2.25. The van der Waals surface area contributed by atoms with Crippen molar-refractivity contribution in [1.29, 1.82) is 5.26 Å². The van der Waals surface area contributed by atoms with Gasteiger partial charge in [0.15, 0.2) is 0 Å². The Labute approximate surface area is 91.8 Å². The van der Waals surface area contributed by atoms with Gasteiger partial charge in [-0.1, -0.05) is 17.8 Å². The van der Waals surface area contributed by atoms with Crippen LogP contribution < -0.4 is 0 Å². The predicted molar refractivity (Wildman–Crippen MR) is 57.3 cm³/mol. The van der Waals surface area contributed by atoms with Crippen molar-refractivity contribution in [1.82, 2.24) is 9.97 Å². The third-order valence-electron chi connectivity index (χ3n) is 1.74. The molecule has 0 spiro atoms. The predicted octanol–water partition coefficient (Wildman–Crippen LogP) is 2.50. The SMILES string of the molecule is N#Cc1cccc(Sc2ccncn2)c1. The Morgan fingerprint density at radius 3 is 2.93 bits per heavy atom. The molecule has 2 rings (SSSR count). The highest BCUT2D eigenvalue weighted by molar-refractivity contribution is 7.99. The van der Waals surface area contributed by atoms with E-state index < -0.39 is 0 Å². The minimum atomic E-state index is 0.661. The van der Waals surface area contributed by atoms with Crippen LogP contribution in [0, 0.1) is 11.3 Å². The summed E-state index contributed by atoms with van der Waals surface area (Å²) in [6.45, 7) is 0. The molecule has 0 aliphatic heterocycles. The van der Waals surface area contributed by atoms with Crippen molar-refractivity contribution < 1.29 is 0 Å². The topological polar surface area (TPSA) is 49.6 Å². The summed E-state index contributed by atoms with van der Waals surface area (Å²) in [4.78, 5) is 8.95. The molecule has 1 heterocycles. The molecule has 0 aliphatic rings. The van der Waals surface area contributed by atoms with E-state index in [0.29, 0.717) is 5.56 Å². The number of benzene rings is 1. The summed E-state index contributed by atoms with van der Waals surface area (Å²) in [7, 11) is 0. The zero-order chi connectivity index (χ0) is 10.5. The van der Waals surface area contributed by atoms with Gasteiger partial charge in [-0.05, 0) is 24.3 Å². The molecule has 0 aliphatic carbocycles. The second-order valence-electron chi connectivity index (χ2n) is 2.79. The summed E-state index contributed by atoms with van der Waals surface area (Å²) in [5.41, 5.74) is 0.661. The van der Waals surface area contributed by atoms with Gasteiger partial charge in [-0.2, -0.15) is 5.26 Å². The average Bonchev–Trinajstić information content (AvgIpc) is 2.31. The van der Waals surface area contributed by atoms with Gasteiger partial charge in [0.1, 0.15) is 11.4 Å². The lowest BCUT2D eigenvalue weighted by molar-refractivity contribution is 1.05. The molecular weight excluding hydrogens is 206 g/mol. The molecule has 0 saturated carbocycles. The van der Waals surface area contributed by atoms with E-state index in [1.165, 1.54) is 18.1 Å². The van der Waals surface area contributed by atoms with E-state index in [4.69, 9.17) is 5.26 Å². The van der Waals surface area contributed by atoms with E-state index in [2.05, 4.69) is 16.0 Å². The normalized spacial score (nSPS) is 9.53. The van der Waals surface area contributed by atoms with Gasteiger partial charge in [0.05, 0.1) is 11.6 Å². The molecule has 2 aromatic rings. The van der Waals surface area contributed by atoms with Crippen molar-refractivity contribution in [3.05, 3.63) is 48.4 Å². The van der Waals surface area contributed by atoms with Crippen LogP contribution in [0.1, 0.15) is 5.56 Å². The van der Waals surface area contributed by atoms with Crippen molar-refractivity contribution in [3.8, 4) is 6.07 Å². The molecule has 0 unspecified atom stereocenters. The molecule has 0 amide bonds. The molecule has 1 aromatic carbocycles. The number of nitriles is 1. The largest absolute Gasteiger partial charge is 0.245 e. The average molecular weight is 213 g/mol. The van der Waals surface area contributed by atoms with Crippen molar-refractivity contribution in [2.45, 2.75) is 9.92 Å². The fourth-order valence-electron chi connectivity index (χ4n) is 1.09. The van der Waals surface area contributed by atoms with E-state index in [1.54, 1.807) is 12.3 Å². The first-order chi connectivity index (χ1) is 7.38. The van der Waals surface area contributed by atoms with Gasteiger partial charge in [0.25, 0.3) is 0 Å². The molecule has 0 radical (unpaired) electrons. The van der Waals surface area contributed by atoms with Gasteiger partial charge in [-0.25, -0.2) is 9.97 Å². The summed E-state index contributed by atoms with van der Waals surface area (Å²) in [5, 5.41) is 9.62. The first kappa shape index (κ1) is 9.69. The van der Waals surface area contributed by atoms with Crippen LogP contribution >= 0.6 is 11.8 Å². The second-order valence-corrected chi connectivity index (χ2v) is 3.88. The zero-order valence-corrected chi connectivity index (χ0v) is 8.61. The summed E-state index contributed by atoms with van der Waals surface area (Å²) in [5.74, 6) is 0. The van der Waals surface area contributed by atoms with E-state index >= 15 is 0 Å². The minimum Gasteiger partial charge on any atom is -0.245 e. The van der Waals surface area contributed by atoms with Crippen molar-refractivity contribution in [2.24, 2.45) is 0 Å². The Morgan fingerprint density at radius 2 is 2.20 bits per heavy atom. The van der Waals surface area contributed by atoms with E-state index in [9.17, 15) is 0 Å². The van der Waals surface area contributed by atoms with Gasteiger partial charge in [-0.3, -0.25) is 0 Å². The summed E-state index contributed by atoms with van der Waals surface area (Å²) < 4.78 is 0. The number of nitrogens with zero attached hydrogens (tertiary/aromatic N) is 3. The summed E-state index contributed by atoms with van der Waals surface area (Å²) >= 11 is 1.51. The van der Waals surface area contributed by atoms with Gasteiger partial charge in [-0.15, -0.1) is 0 Å². The molecule has 0 fully saturated rings. The van der Waals surface area contributed by atoms with Crippen molar-refractivity contribution in [3.63, 3.8) is 0 Å². The smallest absolute Gasteiger partial charge is 0.116 e. The van der Waals surface area contributed by atoms with Gasteiger partial charge >= 0.3 is 0 Å². The molecule has 15 heavy (non-hydrogen) atoms. The lowest BCUT2D eigenvalue weighted by atomic mass is 10.2. The summed E-state index contributed by atoms with van der Waals surface area (Å²) in [6.07, 6.45) is 3.21. The van der Waals surface area contributed by atoms with Crippen LogP contribution in [0.5, 0.6) is 0 Å². The lowest BCUT2D eigenvalue weighted by Crippen LogP contribution is -1.81. The van der Waals surface area contributed by atoms with Crippen LogP contribution in [0.2, 0.25) is 0 Å². The Morgan fingerprint density at radius 1 is 1.27 bits per heavy atom. The third-order valence-corrected chi connectivity index (χ3v) is 2.68. The Hall–Kier alpha value is -1.86. The maximum atomic E-state index is 8.74. The number of aromatic nitrogens is 2. The molecule has 0 atom stereocenters. The van der Waals surface area contributed by atoms with Crippen molar-refractivity contribution in [2.75, 3.05) is 0 Å². The number of hydrogen-bond donors (Lipinski definition) is 0. The van der Waals surface area contributed by atoms with E-state index in [-0.39, 0.29) is 0 Å². The molecule has 0 N–H and O–H groups in total. The first-order valence-electron chi connectivity index (χ1n) is 4.32. The van der Waals surface area contributed by atoms with Crippen LogP contribution in [0.3, 0.4) is 0 Å². The molecule has 0 bridgehead atoms. The molecule has 72 valence electrons. The molecule has 4 heteroatoms.